The molecular weight excluding hydrogens is 222 g/mol. The summed E-state index contributed by atoms with van der Waals surface area (Å²) in [6.45, 7) is 6.40. The molecule has 1 aliphatic carbocycles. The van der Waals surface area contributed by atoms with Crippen LogP contribution in [-0.4, -0.2) is 15.6 Å². The lowest BCUT2D eigenvalue weighted by Crippen LogP contribution is -2.37. The van der Waals surface area contributed by atoms with Gasteiger partial charge in [0, 0.05) is 25.0 Å². The first-order valence-electron chi connectivity index (χ1n) is 7.58. The number of aromatic nitrogens is 2. The molecule has 0 saturated heterocycles. The number of nitrogens with one attached hydrogen (secondary N) is 1. The van der Waals surface area contributed by atoms with Crippen molar-refractivity contribution in [1.82, 2.24) is 14.9 Å². The van der Waals surface area contributed by atoms with Gasteiger partial charge < -0.3 is 9.88 Å². The summed E-state index contributed by atoms with van der Waals surface area (Å²) >= 11 is 0. The van der Waals surface area contributed by atoms with E-state index >= 15 is 0 Å². The Labute approximate surface area is 111 Å². The van der Waals surface area contributed by atoms with Crippen LogP contribution in [0.25, 0.3) is 0 Å². The van der Waals surface area contributed by atoms with Crippen molar-refractivity contribution in [2.24, 2.45) is 5.92 Å². The third kappa shape index (κ3) is 3.35. The van der Waals surface area contributed by atoms with Crippen molar-refractivity contribution in [3.05, 3.63) is 18.2 Å². The molecule has 0 bridgehead atoms. The summed E-state index contributed by atoms with van der Waals surface area (Å²) in [5, 5.41) is 3.73. The molecule has 0 spiro atoms. The highest BCUT2D eigenvalue weighted by atomic mass is 15.1. The average molecular weight is 249 g/mol. The zero-order valence-corrected chi connectivity index (χ0v) is 11.9. The van der Waals surface area contributed by atoms with Crippen LogP contribution in [0, 0.1) is 5.92 Å². The number of rotatable bonds is 6. The zero-order chi connectivity index (χ0) is 12.8. The molecule has 2 rings (SSSR count). The molecule has 1 aromatic rings. The van der Waals surface area contributed by atoms with Crippen molar-refractivity contribution in [2.75, 3.05) is 0 Å². The van der Waals surface area contributed by atoms with Crippen molar-refractivity contribution in [1.29, 1.82) is 0 Å². The molecule has 0 aliphatic heterocycles. The van der Waals surface area contributed by atoms with Crippen LogP contribution in [0.1, 0.15) is 58.2 Å². The van der Waals surface area contributed by atoms with Gasteiger partial charge in [-0.05, 0) is 32.1 Å². The SMILES string of the molecule is CCC(NCc1nccn1CC)C1CCCCC1. The van der Waals surface area contributed by atoms with Crippen LogP contribution >= 0.6 is 0 Å². The second-order valence-electron chi connectivity index (χ2n) is 5.42. The van der Waals surface area contributed by atoms with Crippen molar-refractivity contribution in [3.8, 4) is 0 Å². The molecule has 1 aliphatic rings. The van der Waals surface area contributed by atoms with Gasteiger partial charge in [-0.15, -0.1) is 0 Å². The molecular formula is C15H27N3. The van der Waals surface area contributed by atoms with E-state index in [-0.39, 0.29) is 0 Å². The fourth-order valence-electron chi connectivity index (χ4n) is 3.20. The summed E-state index contributed by atoms with van der Waals surface area (Å²) < 4.78 is 2.22. The Balaban J connectivity index is 1.86. The van der Waals surface area contributed by atoms with Crippen molar-refractivity contribution in [2.45, 2.75) is 71.5 Å². The van der Waals surface area contributed by atoms with Gasteiger partial charge in [0.05, 0.1) is 6.54 Å². The van der Waals surface area contributed by atoms with E-state index in [4.69, 9.17) is 0 Å². The standard InChI is InChI=1S/C15H27N3/c1-3-14(13-8-6-5-7-9-13)17-12-15-16-10-11-18(15)4-2/h10-11,13-14,17H,3-9,12H2,1-2H3. The van der Waals surface area contributed by atoms with E-state index in [1.165, 1.54) is 44.3 Å². The van der Waals surface area contributed by atoms with Gasteiger partial charge in [0.15, 0.2) is 0 Å². The summed E-state index contributed by atoms with van der Waals surface area (Å²) in [6.07, 6.45) is 12.3. The second-order valence-corrected chi connectivity index (χ2v) is 5.42. The first kappa shape index (κ1) is 13.6. The van der Waals surface area contributed by atoms with Gasteiger partial charge in [0.2, 0.25) is 0 Å². The highest BCUT2D eigenvalue weighted by Crippen LogP contribution is 2.27. The third-order valence-corrected chi connectivity index (χ3v) is 4.32. The lowest BCUT2D eigenvalue weighted by molar-refractivity contribution is 0.260. The van der Waals surface area contributed by atoms with E-state index in [0.717, 1.165) is 19.0 Å². The number of hydrogen-bond acceptors (Lipinski definition) is 2. The van der Waals surface area contributed by atoms with Crippen LogP contribution in [0.4, 0.5) is 0 Å². The van der Waals surface area contributed by atoms with Gasteiger partial charge in [-0.2, -0.15) is 0 Å². The predicted molar refractivity (Wildman–Crippen MR) is 75.4 cm³/mol. The van der Waals surface area contributed by atoms with Gasteiger partial charge in [0.25, 0.3) is 0 Å². The molecule has 1 heterocycles. The van der Waals surface area contributed by atoms with Gasteiger partial charge >= 0.3 is 0 Å². The Kier molecular flexibility index (Phi) is 5.24. The highest BCUT2D eigenvalue weighted by Gasteiger charge is 2.22. The highest BCUT2D eigenvalue weighted by molar-refractivity contribution is 4.92. The van der Waals surface area contributed by atoms with Crippen molar-refractivity contribution < 1.29 is 0 Å². The number of aryl methyl sites for hydroxylation is 1. The normalized spacial score (nSPS) is 19.0. The largest absolute Gasteiger partial charge is 0.334 e. The fraction of sp³-hybridized carbons (Fsp3) is 0.800. The molecule has 1 fully saturated rings. The summed E-state index contributed by atoms with van der Waals surface area (Å²) in [7, 11) is 0. The summed E-state index contributed by atoms with van der Waals surface area (Å²) in [6, 6.07) is 0.673. The maximum absolute atomic E-state index is 4.44. The monoisotopic (exact) mass is 249 g/mol. The molecule has 3 nitrogen and oxygen atoms in total. The summed E-state index contributed by atoms with van der Waals surface area (Å²) in [5.74, 6) is 2.06. The van der Waals surface area contributed by atoms with Crippen LogP contribution in [0.15, 0.2) is 12.4 Å². The zero-order valence-electron chi connectivity index (χ0n) is 11.9. The Morgan fingerprint density at radius 3 is 2.78 bits per heavy atom. The minimum absolute atomic E-state index is 0.673. The molecule has 0 amide bonds. The molecule has 0 radical (unpaired) electrons. The number of hydrogen-bond donors (Lipinski definition) is 1. The summed E-state index contributed by atoms with van der Waals surface area (Å²) in [4.78, 5) is 4.44. The lowest BCUT2D eigenvalue weighted by atomic mass is 9.83. The average Bonchev–Trinajstić information content (AvgIpc) is 2.88. The van der Waals surface area contributed by atoms with Gasteiger partial charge in [0.1, 0.15) is 5.82 Å². The Hall–Kier alpha value is -0.830. The quantitative estimate of drug-likeness (QED) is 0.838. The molecule has 1 unspecified atom stereocenters. The molecule has 102 valence electrons. The van der Waals surface area contributed by atoms with Gasteiger partial charge in [-0.1, -0.05) is 26.2 Å². The van der Waals surface area contributed by atoms with E-state index < -0.39 is 0 Å². The van der Waals surface area contributed by atoms with Crippen LogP contribution in [0.5, 0.6) is 0 Å². The maximum atomic E-state index is 4.44. The molecule has 0 aromatic carbocycles. The minimum Gasteiger partial charge on any atom is -0.334 e. The number of imidazole rings is 1. The third-order valence-electron chi connectivity index (χ3n) is 4.32. The topological polar surface area (TPSA) is 29.9 Å². The number of nitrogens with zero attached hydrogens (tertiary/aromatic N) is 2. The second kappa shape index (κ2) is 6.93. The Morgan fingerprint density at radius 2 is 2.11 bits per heavy atom. The predicted octanol–water partition coefficient (Wildman–Crippen LogP) is 3.35. The molecule has 1 atom stereocenters. The maximum Gasteiger partial charge on any atom is 0.122 e. The van der Waals surface area contributed by atoms with Crippen molar-refractivity contribution in [3.63, 3.8) is 0 Å². The minimum atomic E-state index is 0.673. The van der Waals surface area contributed by atoms with E-state index in [2.05, 4.69) is 34.9 Å². The van der Waals surface area contributed by atoms with Gasteiger partial charge in [-0.3, -0.25) is 0 Å². The Morgan fingerprint density at radius 1 is 1.33 bits per heavy atom. The first-order chi connectivity index (χ1) is 8.85. The molecule has 1 saturated carbocycles. The van der Waals surface area contributed by atoms with E-state index in [9.17, 15) is 0 Å². The fourth-order valence-corrected chi connectivity index (χ4v) is 3.20. The van der Waals surface area contributed by atoms with E-state index in [1.54, 1.807) is 0 Å². The molecule has 1 aromatic heterocycles. The molecule has 3 heteroatoms. The summed E-state index contributed by atoms with van der Waals surface area (Å²) in [5.41, 5.74) is 0. The van der Waals surface area contributed by atoms with Gasteiger partial charge in [-0.25, -0.2) is 4.98 Å². The first-order valence-corrected chi connectivity index (χ1v) is 7.58. The van der Waals surface area contributed by atoms with Crippen LogP contribution in [0.2, 0.25) is 0 Å². The van der Waals surface area contributed by atoms with Crippen molar-refractivity contribution >= 4 is 0 Å². The van der Waals surface area contributed by atoms with Crippen LogP contribution < -0.4 is 5.32 Å². The van der Waals surface area contributed by atoms with Crippen LogP contribution in [-0.2, 0) is 13.1 Å². The van der Waals surface area contributed by atoms with Crippen LogP contribution in [0.3, 0.4) is 0 Å². The molecule has 1 N–H and O–H groups in total. The Bertz CT molecular complexity index is 339. The van der Waals surface area contributed by atoms with E-state index in [0.29, 0.717) is 6.04 Å². The lowest BCUT2D eigenvalue weighted by Gasteiger charge is -2.30. The smallest absolute Gasteiger partial charge is 0.122 e. The molecule has 18 heavy (non-hydrogen) atoms. The van der Waals surface area contributed by atoms with E-state index in [1.807, 2.05) is 6.20 Å².